The molecule has 3 nitrogen and oxygen atoms in total. The van der Waals surface area contributed by atoms with Crippen LogP contribution in [0.2, 0.25) is 0 Å². The van der Waals surface area contributed by atoms with Crippen molar-refractivity contribution in [1.82, 2.24) is 4.90 Å². The van der Waals surface area contributed by atoms with E-state index in [0.717, 1.165) is 32.6 Å². The molecule has 3 rings (SSSR count). The molecule has 0 amide bonds. The third kappa shape index (κ3) is 2.77. The first-order chi connectivity index (χ1) is 9.26. The first-order valence-electron chi connectivity index (χ1n) is 7.43. The van der Waals surface area contributed by atoms with Crippen molar-refractivity contribution in [3.05, 3.63) is 29.8 Å². The number of hydrogen-bond acceptors (Lipinski definition) is 3. The average Bonchev–Trinajstić information content (AvgIpc) is 3.08. The molecule has 0 radical (unpaired) electrons. The molecule has 2 atom stereocenters. The van der Waals surface area contributed by atoms with Crippen LogP contribution in [0.25, 0.3) is 0 Å². The molecule has 2 unspecified atom stereocenters. The Labute approximate surface area is 115 Å². The zero-order valence-corrected chi connectivity index (χ0v) is 11.8. The number of hydrogen-bond donors (Lipinski definition) is 1. The van der Waals surface area contributed by atoms with E-state index < -0.39 is 0 Å². The summed E-state index contributed by atoms with van der Waals surface area (Å²) in [5.41, 5.74) is 2.68. The van der Waals surface area contributed by atoms with Gasteiger partial charge in [0, 0.05) is 38.0 Å². The average molecular weight is 260 g/mol. The summed E-state index contributed by atoms with van der Waals surface area (Å²) in [5, 5.41) is 9.25. The van der Waals surface area contributed by atoms with Gasteiger partial charge in [-0.2, -0.15) is 0 Å². The quantitative estimate of drug-likeness (QED) is 0.899. The molecule has 0 saturated carbocycles. The fourth-order valence-corrected chi connectivity index (χ4v) is 3.37. The van der Waals surface area contributed by atoms with Gasteiger partial charge in [-0.1, -0.05) is 17.7 Å². The molecule has 1 aromatic carbocycles. The van der Waals surface area contributed by atoms with Gasteiger partial charge in [0.1, 0.15) is 0 Å². The SMILES string of the molecule is Cc1ccc(N2CCC(N3CCC(CO)C3)C2)cc1. The highest BCUT2D eigenvalue weighted by atomic mass is 16.3. The van der Waals surface area contributed by atoms with Gasteiger partial charge >= 0.3 is 0 Å². The summed E-state index contributed by atoms with van der Waals surface area (Å²) in [6, 6.07) is 9.54. The van der Waals surface area contributed by atoms with Gasteiger partial charge in [-0.25, -0.2) is 0 Å². The lowest BCUT2D eigenvalue weighted by Gasteiger charge is -2.25. The molecule has 19 heavy (non-hydrogen) atoms. The van der Waals surface area contributed by atoms with Gasteiger partial charge in [-0.05, 0) is 44.4 Å². The number of benzene rings is 1. The molecule has 0 spiro atoms. The summed E-state index contributed by atoms with van der Waals surface area (Å²) in [6.45, 7) is 7.04. The number of likely N-dealkylation sites (tertiary alicyclic amines) is 1. The number of rotatable bonds is 3. The second-order valence-electron chi connectivity index (χ2n) is 6.06. The third-order valence-corrected chi connectivity index (χ3v) is 4.65. The number of anilines is 1. The van der Waals surface area contributed by atoms with Crippen LogP contribution < -0.4 is 4.90 Å². The van der Waals surface area contributed by atoms with Crippen LogP contribution in [-0.4, -0.2) is 48.8 Å². The van der Waals surface area contributed by atoms with Crippen LogP contribution in [0.3, 0.4) is 0 Å². The molecule has 2 heterocycles. The Kier molecular flexibility index (Phi) is 3.76. The van der Waals surface area contributed by atoms with E-state index in [2.05, 4.69) is 41.0 Å². The normalized spacial score (nSPS) is 28.2. The molecule has 1 aromatic rings. The van der Waals surface area contributed by atoms with E-state index in [1.165, 1.54) is 17.7 Å². The van der Waals surface area contributed by atoms with Gasteiger partial charge in [0.05, 0.1) is 0 Å². The topological polar surface area (TPSA) is 26.7 Å². The van der Waals surface area contributed by atoms with E-state index in [-0.39, 0.29) is 0 Å². The molecule has 0 aromatic heterocycles. The summed E-state index contributed by atoms with van der Waals surface area (Å²) in [4.78, 5) is 5.07. The predicted molar refractivity (Wildman–Crippen MR) is 78.6 cm³/mol. The Balaban J connectivity index is 1.60. The van der Waals surface area contributed by atoms with E-state index in [4.69, 9.17) is 0 Å². The summed E-state index contributed by atoms with van der Waals surface area (Å²) in [7, 11) is 0. The van der Waals surface area contributed by atoms with Crippen molar-refractivity contribution < 1.29 is 5.11 Å². The monoisotopic (exact) mass is 260 g/mol. The van der Waals surface area contributed by atoms with Crippen LogP contribution in [0.5, 0.6) is 0 Å². The summed E-state index contributed by atoms with van der Waals surface area (Å²) >= 11 is 0. The molecule has 1 N–H and O–H groups in total. The summed E-state index contributed by atoms with van der Waals surface area (Å²) in [6.07, 6.45) is 2.42. The minimum atomic E-state index is 0.352. The highest BCUT2D eigenvalue weighted by Crippen LogP contribution is 2.27. The van der Waals surface area contributed by atoms with Gasteiger partial charge in [0.25, 0.3) is 0 Å². The second-order valence-corrected chi connectivity index (χ2v) is 6.06. The van der Waals surface area contributed by atoms with Crippen molar-refractivity contribution in [2.45, 2.75) is 25.8 Å². The zero-order chi connectivity index (χ0) is 13.2. The van der Waals surface area contributed by atoms with Crippen LogP contribution in [0.4, 0.5) is 5.69 Å². The second kappa shape index (κ2) is 5.51. The van der Waals surface area contributed by atoms with Crippen LogP contribution in [0.1, 0.15) is 18.4 Å². The van der Waals surface area contributed by atoms with Crippen LogP contribution in [-0.2, 0) is 0 Å². The molecular weight excluding hydrogens is 236 g/mol. The van der Waals surface area contributed by atoms with Crippen molar-refractivity contribution in [1.29, 1.82) is 0 Å². The van der Waals surface area contributed by atoms with Gasteiger partial charge in [0.15, 0.2) is 0 Å². The Morgan fingerprint density at radius 3 is 2.58 bits per heavy atom. The van der Waals surface area contributed by atoms with Crippen molar-refractivity contribution >= 4 is 5.69 Å². The van der Waals surface area contributed by atoms with E-state index in [1.807, 2.05) is 0 Å². The van der Waals surface area contributed by atoms with Crippen molar-refractivity contribution in [3.8, 4) is 0 Å². The minimum absolute atomic E-state index is 0.352. The van der Waals surface area contributed by atoms with Gasteiger partial charge in [-0.15, -0.1) is 0 Å². The van der Waals surface area contributed by atoms with Gasteiger partial charge in [0.2, 0.25) is 0 Å². The number of aryl methyl sites for hydroxylation is 1. The molecule has 104 valence electrons. The number of nitrogens with zero attached hydrogens (tertiary/aromatic N) is 2. The predicted octanol–water partition coefficient (Wildman–Crippen LogP) is 1.89. The van der Waals surface area contributed by atoms with Crippen molar-refractivity contribution in [3.63, 3.8) is 0 Å². The number of aliphatic hydroxyl groups excluding tert-OH is 1. The zero-order valence-electron chi connectivity index (χ0n) is 11.8. The van der Waals surface area contributed by atoms with Crippen LogP contribution >= 0.6 is 0 Å². The maximum atomic E-state index is 9.25. The molecule has 0 aliphatic carbocycles. The smallest absolute Gasteiger partial charge is 0.0471 e. The standard InChI is InChI=1S/C16H24N2O/c1-13-2-4-15(5-3-13)18-9-7-16(11-18)17-8-6-14(10-17)12-19/h2-5,14,16,19H,6-12H2,1H3. The fraction of sp³-hybridized carbons (Fsp3) is 0.625. The van der Waals surface area contributed by atoms with E-state index in [0.29, 0.717) is 18.6 Å². The Morgan fingerprint density at radius 2 is 1.89 bits per heavy atom. The maximum absolute atomic E-state index is 9.25. The summed E-state index contributed by atoms with van der Waals surface area (Å²) in [5.74, 6) is 0.508. The van der Waals surface area contributed by atoms with E-state index >= 15 is 0 Å². The molecule has 2 saturated heterocycles. The van der Waals surface area contributed by atoms with E-state index in [1.54, 1.807) is 0 Å². The van der Waals surface area contributed by atoms with Gasteiger partial charge in [-0.3, -0.25) is 4.90 Å². The van der Waals surface area contributed by atoms with Crippen LogP contribution in [0, 0.1) is 12.8 Å². The molecule has 2 fully saturated rings. The molecular formula is C16H24N2O. The summed E-state index contributed by atoms with van der Waals surface area (Å²) < 4.78 is 0. The third-order valence-electron chi connectivity index (χ3n) is 4.65. The molecule has 2 aliphatic rings. The first kappa shape index (κ1) is 12.9. The fourth-order valence-electron chi connectivity index (χ4n) is 3.37. The van der Waals surface area contributed by atoms with Crippen LogP contribution in [0.15, 0.2) is 24.3 Å². The van der Waals surface area contributed by atoms with Gasteiger partial charge < -0.3 is 10.0 Å². The van der Waals surface area contributed by atoms with E-state index in [9.17, 15) is 5.11 Å². The molecule has 3 heteroatoms. The lowest BCUT2D eigenvalue weighted by Crippen LogP contribution is -2.36. The highest BCUT2D eigenvalue weighted by Gasteiger charge is 2.32. The lowest BCUT2D eigenvalue weighted by atomic mass is 10.1. The Bertz CT molecular complexity index is 417. The molecule has 0 bridgehead atoms. The highest BCUT2D eigenvalue weighted by molar-refractivity contribution is 5.48. The molecule has 2 aliphatic heterocycles. The maximum Gasteiger partial charge on any atom is 0.0471 e. The Hall–Kier alpha value is -1.06. The minimum Gasteiger partial charge on any atom is -0.396 e. The van der Waals surface area contributed by atoms with Crippen molar-refractivity contribution in [2.24, 2.45) is 5.92 Å². The number of aliphatic hydroxyl groups is 1. The van der Waals surface area contributed by atoms with Crippen molar-refractivity contribution in [2.75, 3.05) is 37.7 Å². The first-order valence-corrected chi connectivity index (χ1v) is 7.43. The largest absolute Gasteiger partial charge is 0.396 e. The Morgan fingerprint density at radius 1 is 1.11 bits per heavy atom. The lowest BCUT2D eigenvalue weighted by molar-refractivity contribution is 0.204.